The van der Waals surface area contributed by atoms with Crippen molar-refractivity contribution in [1.29, 1.82) is 5.26 Å². The van der Waals surface area contributed by atoms with Gasteiger partial charge in [-0.05, 0) is 54.5 Å². The van der Waals surface area contributed by atoms with Crippen LogP contribution in [0.15, 0.2) is 48.5 Å². The van der Waals surface area contributed by atoms with E-state index in [0.29, 0.717) is 5.92 Å². The van der Waals surface area contributed by atoms with E-state index in [1.165, 1.54) is 100 Å². The zero-order valence-corrected chi connectivity index (χ0v) is 23.8. The van der Waals surface area contributed by atoms with Crippen LogP contribution in [-0.2, 0) is 0 Å². The largest absolute Gasteiger partial charge is 0.494 e. The van der Waals surface area contributed by atoms with Gasteiger partial charge in [-0.1, -0.05) is 134 Å². The Hall–Kier alpha value is -2.27. The third kappa shape index (κ3) is 9.21. The molecule has 1 fully saturated rings. The summed E-state index contributed by atoms with van der Waals surface area (Å²) in [5.74, 6) is 1.33. The van der Waals surface area contributed by atoms with Gasteiger partial charge in [-0.15, -0.1) is 0 Å². The molecule has 0 heterocycles. The molecule has 2 aromatic carbocycles. The highest BCUT2D eigenvalue weighted by Crippen LogP contribution is 2.50. The first-order chi connectivity index (χ1) is 18.2. The topological polar surface area (TPSA) is 33.0 Å². The van der Waals surface area contributed by atoms with E-state index in [2.05, 4.69) is 68.4 Å². The molecule has 1 aliphatic rings. The van der Waals surface area contributed by atoms with Gasteiger partial charge in [0.25, 0.3) is 0 Å². The highest BCUT2D eigenvalue weighted by atomic mass is 16.5. The number of unbranched alkanes of at least 4 members (excludes halogenated alkanes) is 10. The monoisotopic (exact) mass is 501 g/mol. The van der Waals surface area contributed by atoms with E-state index in [4.69, 9.17) is 4.74 Å². The molecule has 1 aliphatic carbocycles. The Bertz CT molecular complexity index is 910. The van der Waals surface area contributed by atoms with Crippen LogP contribution in [0.4, 0.5) is 0 Å². The zero-order chi connectivity index (χ0) is 26.2. The molecule has 2 nitrogen and oxygen atoms in total. The summed E-state index contributed by atoms with van der Waals surface area (Å²) >= 11 is 0. The van der Waals surface area contributed by atoms with Crippen molar-refractivity contribution in [1.82, 2.24) is 0 Å². The van der Waals surface area contributed by atoms with Crippen molar-refractivity contribution in [3.05, 3.63) is 54.1 Å². The van der Waals surface area contributed by atoms with Gasteiger partial charge in [-0.2, -0.15) is 5.26 Å². The molecule has 0 saturated heterocycles. The van der Waals surface area contributed by atoms with Gasteiger partial charge >= 0.3 is 0 Å². The molecular formula is C35H51NO. The lowest BCUT2D eigenvalue weighted by Gasteiger charge is -2.39. The molecule has 202 valence electrons. The molecule has 0 N–H and O–H groups in total. The number of nitrogens with zero attached hydrogens (tertiary/aromatic N) is 1. The predicted molar refractivity (Wildman–Crippen MR) is 158 cm³/mol. The van der Waals surface area contributed by atoms with Crippen LogP contribution in [0.3, 0.4) is 0 Å². The molecule has 2 aromatic rings. The Balaban J connectivity index is 1.54. The molecule has 0 radical (unpaired) electrons. The van der Waals surface area contributed by atoms with E-state index in [1.807, 2.05) is 0 Å². The molecule has 2 heteroatoms. The van der Waals surface area contributed by atoms with Crippen molar-refractivity contribution < 1.29 is 4.74 Å². The second-order valence-electron chi connectivity index (χ2n) is 11.3. The van der Waals surface area contributed by atoms with E-state index in [9.17, 15) is 5.26 Å². The molecule has 1 saturated carbocycles. The first-order valence-corrected chi connectivity index (χ1v) is 15.5. The van der Waals surface area contributed by atoms with E-state index >= 15 is 0 Å². The first-order valence-electron chi connectivity index (χ1n) is 15.5. The normalized spacial score (nSPS) is 19.4. The maximum Gasteiger partial charge on any atom is 0.119 e. The van der Waals surface area contributed by atoms with Crippen LogP contribution in [-0.4, -0.2) is 6.61 Å². The van der Waals surface area contributed by atoms with Crippen molar-refractivity contribution in [2.75, 3.05) is 6.61 Å². The minimum atomic E-state index is -0.181. The van der Waals surface area contributed by atoms with Gasteiger partial charge < -0.3 is 4.74 Å². The highest BCUT2D eigenvalue weighted by molar-refractivity contribution is 5.64. The van der Waals surface area contributed by atoms with Crippen LogP contribution in [0.1, 0.15) is 134 Å². The number of nitriles is 1. The minimum Gasteiger partial charge on any atom is -0.494 e. The third-order valence-corrected chi connectivity index (χ3v) is 8.50. The van der Waals surface area contributed by atoms with Gasteiger partial charge in [-0.3, -0.25) is 0 Å². The summed E-state index contributed by atoms with van der Waals surface area (Å²) in [4.78, 5) is 0. The molecule has 3 rings (SSSR count). The van der Waals surface area contributed by atoms with Crippen LogP contribution in [0, 0.1) is 16.7 Å². The summed E-state index contributed by atoms with van der Waals surface area (Å²) in [7, 11) is 0. The summed E-state index contributed by atoms with van der Waals surface area (Å²) < 4.78 is 5.97. The SMILES string of the molecule is CCCCCCCCOc1ccc(-c2ccc([C@@H]3CCCC[C@]3(C#N)CCCCCCCC)cc2)cc1. The quantitative estimate of drug-likeness (QED) is 0.202. The van der Waals surface area contributed by atoms with Gasteiger partial charge in [0, 0.05) is 5.92 Å². The van der Waals surface area contributed by atoms with E-state index in [-0.39, 0.29) is 5.41 Å². The fourth-order valence-electron chi connectivity index (χ4n) is 6.16. The summed E-state index contributed by atoms with van der Waals surface area (Å²) in [6.45, 7) is 5.33. The van der Waals surface area contributed by atoms with Gasteiger partial charge in [0.15, 0.2) is 0 Å². The number of benzene rings is 2. The average Bonchev–Trinajstić information content (AvgIpc) is 2.95. The van der Waals surface area contributed by atoms with Crippen molar-refractivity contribution in [3.8, 4) is 22.9 Å². The molecule has 0 amide bonds. The smallest absolute Gasteiger partial charge is 0.119 e. The lowest BCUT2D eigenvalue weighted by molar-refractivity contribution is 0.199. The number of hydrogen-bond donors (Lipinski definition) is 0. The lowest BCUT2D eigenvalue weighted by atomic mass is 9.62. The zero-order valence-electron chi connectivity index (χ0n) is 23.8. The van der Waals surface area contributed by atoms with Crippen LogP contribution in [0.25, 0.3) is 11.1 Å². The summed E-state index contributed by atoms with van der Waals surface area (Å²) in [6, 6.07) is 20.5. The van der Waals surface area contributed by atoms with E-state index < -0.39 is 0 Å². The second-order valence-corrected chi connectivity index (χ2v) is 11.3. The maximum absolute atomic E-state index is 10.3. The van der Waals surface area contributed by atoms with Crippen LogP contribution in [0.2, 0.25) is 0 Å². The predicted octanol–water partition coefficient (Wildman–Crippen LogP) is 11.0. The fourth-order valence-corrected chi connectivity index (χ4v) is 6.16. The van der Waals surface area contributed by atoms with E-state index in [0.717, 1.165) is 38.0 Å². The van der Waals surface area contributed by atoms with Crippen LogP contribution in [0.5, 0.6) is 5.75 Å². The van der Waals surface area contributed by atoms with Gasteiger partial charge in [0.05, 0.1) is 18.1 Å². The molecule has 2 atom stereocenters. The molecular weight excluding hydrogens is 450 g/mol. The van der Waals surface area contributed by atoms with E-state index in [1.54, 1.807) is 0 Å². The summed E-state index contributed by atoms with van der Waals surface area (Å²) in [5, 5.41) is 10.3. The molecule has 0 aromatic heterocycles. The first kappa shape index (κ1) is 29.3. The van der Waals surface area contributed by atoms with Gasteiger partial charge in [0.1, 0.15) is 5.75 Å². The Morgan fingerprint density at radius 2 is 1.30 bits per heavy atom. The average molecular weight is 502 g/mol. The Morgan fingerprint density at radius 1 is 0.730 bits per heavy atom. The molecule has 37 heavy (non-hydrogen) atoms. The second kappa shape index (κ2) is 16.5. The third-order valence-electron chi connectivity index (χ3n) is 8.50. The maximum atomic E-state index is 10.3. The van der Waals surface area contributed by atoms with Gasteiger partial charge in [-0.25, -0.2) is 0 Å². The van der Waals surface area contributed by atoms with Crippen LogP contribution < -0.4 is 4.74 Å². The van der Waals surface area contributed by atoms with Crippen molar-refractivity contribution >= 4 is 0 Å². The van der Waals surface area contributed by atoms with Crippen molar-refractivity contribution in [2.24, 2.45) is 5.41 Å². The molecule has 0 spiro atoms. The standard InChI is InChI=1S/C35H51NO/c1-3-5-7-9-11-14-26-35(29-36)27-15-13-17-34(35)32-20-18-30(19-21-32)31-22-24-33(25-23-31)37-28-16-12-10-8-6-4-2/h18-25,34H,3-17,26-28H2,1-2H3/t34-,35-/m0/s1. The Morgan fingerprint density at radius 3 is 1.92 bits per heavy atom. The minimum absolute atomic E-state index is 0.181. The van der Waals surface area contributed by atoms with Gasteiger partial charge in [0.2, 0.25) is 0 Å². The number of rotatable bonds is 17. The summed E-state index contributed by atoms with van der Waals surface area (Å²) in [6.07, 6.45) is 21.2. The Kier molecular flexibility index (Phi) is 13.1. The Labute approximate surface area is 227 Å². The lowest BCUT2D eigenvalue weighted by Crippen LogP contribution is -2.31. The number of hydrogen-bond acceptors (Lipinski definition) is 2. The highest BCUT2D eigenvalue weighted by Gasteiger charge is 2.41. The molecule has 0 bridgehead atoms. The molecule has 0 aliphatic heterocycles. The van der Waals surface area contributed by atoms with Crippen molar-refractivity contribution in [3.63, 3.8) is 0 Å². The summed E-state index contributed by atoms with van der Waals surface area (Å²) in [5.41, 5.74) is 3.63. The van der Waals surface area contributed by atoms with Crippen molar-refractivity contribution in [2.45, 2.75) is 129 Å². The fraction of sp³-hybridized carbons (Fsp3) is 0.629. The molecule has 0 unspecified atom stereocenters. The number of ether oxygens (including phenoxy) is 1. The van der Waals surface area contributed by atoms with Crippen LogP contribution >= 0.6 is 0 Å².